The molecule has 94 valence electrons. The van der Waals surface area contributed by atoms with Crippen molar-refractivity contribution in [3.05, 3.63) is 24.3 Å². The maximum Gasteiger partial charge on any atom is 0.311 e. The number of rotatable bonds is 4. The van der Waals surface area contributed by atoms with Crippen LogP contribution < -0.4 is 5.32 Å². The van der Waals surface area contributed by atoms with Gasteiger partial charge in [0.1, 0.15) is 5.00 Å². The second-order valence-electron chi connectivity index (χ2n) is 4.82. The first-order valence-corrected chi connectivity index (χ1v) is 6.80. The Bertz CT molecular complexity index is 589. The van der Waals surface area contributed by atoms with Crippen LogP contribution in [0.2, 0.25) is 0 Å². The van der Waals surface area contributed by atoms with Crippen LogP contribution in [-0.4, -0.2) is 22.0 Å². The SMILES string of the molecule is O=C(O)C1(CNc2snc3ccccc23)CCC1. The molecule has 0 amide bonds. The van der Waals surface area contributed by atoms with Crippen molar-refractivity contribution in [3.63, 3.8) is 0 Å². The highest BCUT2D eigenvalue weighted by molar-refractivity contribution is 7.11. The zero-order valence-electron chi connectivity index (χ0n) is 9.85. The molecule has 18 heavy (non-hydrogen) atoms. The normalized spacial score (nSPS) is 17.3. The Morgan fingerprint density at radius 3 is 2.89 bits per heavy atom. The molecule has 0 unspecified atom stereocenters. The van der Waals surface area contributed by atoms with E-state index in [0.717, 1.165) is 35.2 Å². The highest BCUT2D eigenvalue weighted by Crippen LogP contribution is 2.41. The number of nitrogens with one attached hydrogen (secondary N) is 1. The van der Waals surface area contributed by atoms with Crippen LogP contribution in [0.4, 0.5) is 5.00 Å². The van der Waals surface area contributed by atoms with Gasteiger partial charge in [0.2, 0.25) is 0 Å². The first-order chi connectivity index (χ1) is 8.71. The lowest BCUT2D eigenvalue weighted by atomic mass is 9.69. The maximum atomic E-state index is 11.3. The van der Waals surface area contributed by atoms with E-state index >= 15 is 0 Å². The third-order valence-electron chi connectivity index (χ3n) is 3.74. The summed E-state index contributed by atoms with van der Waals surface area (Å²) in [5.41, 5.74) is 0.397. The molecule has 2 N–H and O–H groups in total. The lowest BCUT2D eigenvalue weighted by molar-refractivity contribution is -0.153. The number of benzene rings is 1. The fraction of sp³-hybridized carbons (Fsp3) is 0.385. The van der Waals surface area contributed by atoms with Crippen molar-refractivity contribution in [1.29, 1.82) is 0 Å². The Balaban J connectivity index is 1.79. The van der Waals surface area contributed by atoms with Gasteiger partial charge in [-0.15, -0.1) is 0 Å². The zero-order chi connectivity index (χ0) is 12.6. The van der Waals surface area contributed by atoms with E-state index in [2.05, 4.69) is 9.69 Å². The summed E-state index contributed by atoms with van der Waals surface area (Å²) in [5, 5.41) is 14.6. The second-order valence-corrected chi connectivity index (χ2v) is 5.59. The Hall–Kier alpha value is -1.62. The van der Waals surface area contributed by atoms with Crippen LogP contribution in [-0.2, 0) is 4.79 Å². The van der Waals surface area contributed by atoms with E-state index < -0.39 is 11.4 Å². The first kappa shape index (κ1) is 11.5. The molecule has 0 aliphatic heterocycles. The van der Waals surface area contributed by atoms with Crippen molar-refractivity contribution < 1.29 is 9.90 Å². The molecule has 5 heteroatoms. The van der Waals surface area contributed by atoms with Gasteiger partial charge in [-0.2, -0.15) is 4.37 Å². The van der Waals surface area contributed by atoms with Crippen LogP contribution >= 0.6 is 11.5 Å². The van der Waals surface area contributed by atoms with Crippen molar-refractivity contribution in [2.75, 3.05) is 11.9 Å². The standard InChI is InChI=1S/C13H14N2O2S/c16-12(17)13(6-3-7-13)8-14-11-9-4-1-2-5-10(9)15-18-11/h1-2,4-5,14H,3,6-8H2,(H,16,17). The van der Waals surface area contributed by atoms with Crippen molar-refractivity contribution in [2.45, 2.75) is 19.3 Å². The number of carbonyl (C=O) groups is 1. The number of anilines is 1. The van der Waals surface area contributed by atoms with Gasteiger partial charge >= 0.3 is 5.97 Å². The monoisotopic (exact) mass is 262 g/mol. The van der Waals surface area contributed by atoms with E-state index in [9.17, 15) is 9.90 Å². The quantitative estimate of drug-likeness (QED) is 0.889. The topological polar surface area (TPSA) is 62.2 Å². The summed E-state index contributed by atoms with van der Waals surface area (Å²) in [5.74, 6) is -0.685. The van der Waals surface area contributed by atoms with E-state index in [1.54, 1.807) is 0 Å². The molecule has 0 atom stereocenters. The summed E-state index contributed by atoms with van der Waals surface area (Å²) in [4.78, 5) is 11.3. The van der Waals surface area contributed by atoms with Gasteiger partial charge in [-0.1, -0.05) is 18.6 Å². The number of hydrogen-bond donors (Lipinski definition) is 2. The van der Waals surface area contributed by atoms with Crippen LogP contribution in [0.25, 0.3) is 10.9 Å². The van der Waals surface area contributed by atoms with Gasteiger partial charge in [0.05, 0.1) is 10.9 Å². The molecule has 1 aliphatic rings. The Kier molecular flexibility index (Phi) is 2.70. The van der Waals surface area contributed by atoms with E-state index in [0.29, 0.717) is 6.54 Å². The van der Waals surface area contributed by atoms with E-state index in [1.807, 2.05) is 24.3 Å². The molecule has 1 aromatic carbocycles. The molecule has 1 aliphatic carbocycles. The molecule has 3 rings (SSSR count). The van der Waals surface area contributed by atoms with Gasteiger partial charge in [0.15, 0.2) is 0 Å². The molecule has 0 radical (unpaired) electrons. The molecule has 1 saturated carbocycles. The van der Waals surface area contributed by atoms with Crippen molar-refractivity contribution in [2.24, 2.45) is 5.41 Å². The predicted octanol–water partition coefficient (Wildman–Crippen LogP) is 2.96. The molecule has 0 saturated heterocycles. The summed E-state index contributed by atoms with van der Waals surface area (Å²) in [6.45, 7) is 0.495. The predicted molar refractivity (Wildman–Crippen MR) is 72.0 cm³/mol. The summed E-state index contributed by atoms with van der Waals surface area (Å²) < 4.78 is 4.34. The maximum absolute atomic E-state index is 11.3. The van der Waals surface area contributed by atoms with E-state index in [-0.39, 0.29) is 0 Å². The van der Waals surface area contributed by atoms with Crippen molar-refractivity contribution in [1.82, 2.24) is 4.37 Å². The number of aromatic nitrogens is 1. The molecular weight excluding hydrogens is 248 g/mol. The highest BCUT2D eigenvalue weighted by atomic mass is 32.1. The Morgan fingerprint density at radius 1 is 1.44 bits per heavy atom. The zero-order valence-corrected chi connectivity index (χ0v) is 10.7. The summed E-state index contributed by atoms with van der Waals surface area (Å²) in [7, 11) is 0. The van der Waals surface area contributed by atoms with Crippen LogP contribution in [0.5, 0.6) is 0 Å². The minimum atomic E-state index is -0.685. The lowest BCUT2D eigenvalue weighted by Gasteiger charge is -2.37. The molecule has 2 aromatic rings. The highest BCUT2D eigenvalue weighted by Gasteiger charge is 2.44. The number of hydrogen-bond acceptors (Lipinski definition) is 4. The Morgan fingerprint density at radius 2 is 2.22 bits per heavy atom. The number of carboxylic acid groups (broad SMARTS) is 1. The van der Waals surface area contributed by atoms with E-state index in [4.69, 9.17) is 0 Å². The number of carboxylic acids is 1. The van der Waals surface area contributed by atoms with Crippen molar-refractivity contribution in [3.8, 4) is 0 Å². The number of aliphatic carboxylic acids is 1. The van der Waals surface area contributed by atoms with Crippen LogP contribution in [0.3, 0.4) is 0 Å². The van der Waals surface area contributed by atoms with Gasteiger partial charge in [-0.25, -0.2) is 0 Å². The van der Waals surface area contributed by atoms with Crippen LogP contribution in [0, 0.1) is 5.41 Å². The molecule has 4 nitrogen and oxygen atoms in total. The van der Waals surface area contributed by atoms with Gasteiger partial charge in [0, 0.05) is 11.9 Å². The average molecular weight is 262 g/mol. The first-order valence-electron chi connectivity index (χ1n) is 6.03. The smallest absolute Gasteiger partial charge is 0.311 e. The average Bonchev–Trinajstić information content (AvgIpc) is 2.71. The largest absolute Gasteiger partial charge is 0.481 e. The summed E-state index contributed by atoms with van der Waals surface area (Å²) in [6.07, 6.45) is 2.55. The second kappa shape index (κ2) is 4.24. The molecule has 0 spiro atoms. The number of nitrogens with zero attached hydrogens (tertiary/aromatic N) is 1. The van der Waals surface area contributed by atoms with Crippen molar-refractivity contribution >= 4 is 33.4 Å². The van der Waals surface area contributed by atoms with Crippen LogP contribution in [0.15, 0.2) is 24.3 Å². The van der Waals surface area contributed by atoms with Crippen LogP contribution in [0.1, 0.15) is 19.3 Å². The number of fused-ring (bicyclic) bond motifs is 1. The third-order valence-corrected chi connectivity index (χ3v) is 4.57. The van der Waals surface area contributed by atoms with Gasteiger partial charge < -0.3 is 10.4 Å². The molecular formula is C13H14N2O2S. The molecule has 1 heterocycles. The van der Waals surface area contributed by atoms with Gasteiger partial charge in [-0.05, 0) is 36.5 Å². The lowest BCUT2D eigenvalue weighted by Crippen LogP contribution is -2.43. The Labute approximate surface area is 109 Å². The minimum Gasteiger partial charge on any atom is -0.481 e. The summed E-state index contributed by atoms with van der Waals surface area (Å²) >= 11 is 1.40. The van der Waals surface area contributed by atoms with Gasteiger partial charge in [0.25, 0.3) is 0 Å². The summed E-state index contributed by atoms with van der Waals surface area (Å²) in [6, 6.07) is 7.90. The van der Waals surface area contributed by atoms with Gasteiger partial charge in [-0.3, -0.25) is 4.79 Å². The molecule has 1 fully saturated rings. The fourth-order valence-electron chi connectivity index (χ4n) is 2.34. The minimum absolute atomic E-state index is 0.495. The molecule has 0 bridgehead atoms. The third kappa shape index (κ3) is 1.75. The van der Waals surface area contributed by atoms with E-state index in [1.165, 1.54) is 11.5 Å². The molecule has 1 aromatic heterocycles. The fourth-order valence-corrected chi connectivity index (χ4v) is 3.09.